The molecule has 3 heteroatoms. The molecule has 0 atom stereocenters. The summed E-state index contributed by atoms with van der Waals surface area (Å²) in [6.07, 6.45) is 0.976. The monoisotopic (exact) mass is 220 g/mol. The molecule has 0 fully saturated rings. The molecule has 1 heterocycles. The number of benzene rings is 1. The lowest BCUT2D eigenvalue weighted by molar-refractivity contribution is 0.805. The summed E-state index contributed by atoms with van der Waals surface area (Å²) in [6, 6.07) is 9.83. The summed E-state index contributed by atoms with van der Waals surface area (Å²) in [7, 11) is 0. The van der Waals surface area contributed by atoms with E-state index in [4.69, 9.17) is 11.6 Å². The fraction of sp³-hybridized carbons (Fsp3) is 0.250. The van der Waals surface area contributed by atoms with Crippen molar-refractivity contribution in [1.29, 1.82) is 0 Å². The Balaban J connectivity index is 2.48. The second-order valence-electron chi connectivity index (χ2n) is 3.52. The van der Waals surface area contributed by atoms with Crippen LogP contribution in [0.3, 0.4) is 0 Å². The summed E-state index contributed by atoms with van der Waals surface area (Å²) in [5.41, 5.74) is 3.32. The molecule has 1 aromatic heterocycles. The molecule has 0 bridgehead atoms. The van der Waals surface area contributed by atoms with Crippen LogP contribution in [0.1, 0.15) is 18.3 Å². The molecule has 0 spiro atoms. The molecule has 78 valence electrons. The standard InChI is InChI=1S/C12H13ClN2/c1-3-11-8-9(2)14-15(11)12-6-4-10(13)5-7-12/h4-8H,3H2,1-2H3. The first kappa shape index (κ1) is 10.2. The maximum Gasteiger partial charge on any atom is 0.0649 e. The summed E-state index contributed by atoms with van der Waals surface area (Å²) in [5.74, 6) is 0. The van der Waals surface area contributed by atoms with E-state index in [9.17, 15) is 0 Å². The predicted octanol–water partition coefficient (Wildman–Crippen LogP) is 3.40. The van der Waals surface area contributed by atoms with Gasteiger partial charge in [0.25, 0.3) is 0 Å². The number of hydrogen-bond donors (Lipinski definition) is 0. The third-order valence-electron chi connectivity index (χ3n) is 2.34. The van der Waals surface area contributed by atoms with Gasteiger partial charge in [0.15, 0.2) is 0 Å². The van der Waals surface area contributed by atoms with Gasteiger partial charge in [0.05, 0.1) is 11.4 Å². The molecule has 2 nitrogen and oxygen atoms in total. The van der Waals surface area contributed by atoms with Crippen molar-refractivity contribution >= 4 is 11.6 Å². The van der Waals surface area contributed by atoms with Crippen molar-refractivity contribution in [2.24, 2.45) is 0 Å². The lowest BCUT2D eigenvalue weighted by Gasteiger charge is -2.05. The molecule has 0 aliphatic carbocycles. The Labute approximate surface area is 94.5 Å². The first-order valence-corrected chi connectivity index (χ1v) is 5.40. The van der Waals surface area contributed by atoms with Gasteiger partial charge in [-0.3, -0.25) is 0 Å². The molecule has 0 aliphatic rings. The van der Waals surface area contributed by atoms with Crippen molar-refractivity contribution in [2.75, 3.05) is 0 Å². The Bertz CT molecular complexity index is 457. The molecule has 15 heavy (non-hydrogen) atoms. The van der Waals surface area contributed by atoms with Crippen LogP contribution in [-0.4, -0.2) is 9.78 Å². The molecular weight excluding hydrogens is 208 g/mol. The second kappa shape index (κ2) is 4.07. The van der Waals surface area contributed by atoms with E-state index in [-0.39, 0.29) is 0 Å². The molecular formula is C12H13ClN2. The molecule has 0 saturated heterocycles. The van der Waals surface area contributed by atoms with Crippen LogP contribution < -0.4 is 0 Å². The van der Waals surface area contributed by atoms with Crippen LogP contribution >= 0.6 is 11.6 Å². The van der Waals surface area contributed by atoms with Gasteiger partial charge in [-0.15, -0.1) is 0 Å². The predicted molar refractivity (Wildman–Crippen MR) is 62.7 cm³/mol. The number of halogens is 1. The van der Waals surface area contributed by atoms with E-state index in [0.29, 0.717) is 0 Å². The lowest BCUT2D eigenvalue weighted by Crippen LogP contribution is -2.00. The number of aryl methyl sites for hydroxylation is 2. The lowest BCUT2D eigenvalue weighted by atomic mass is 10.3. The Morgan fingerprint density at radius 3 is 2.53 bits per heavy atom. The van der Waals surface area contributed by atoms with Crippen LogP contribution in [0.2, 0.25) is 5.02 Å². The summed E-state index contributed by atoms with van der Waals surface area (Å²) >= 11 is 5.85. The zero-order valence-electron chi connectivity index (χ0n) is 8.87. The zero-order valence-corrected chi connectivity index (χ0v) is 9.62. The van der Waals surface area contributed by atoms with Gasteiger partial charge in [-0.1, -0.05) is 18.5 Å². The molecule has 2 aromatic rings. The topological polar surface area (TPSA) is 17.8 Å². The van der Waals surface area contributed by atoms with Gasteiger partial charge < -0.3 is 0 Å². The van der Waals surface area contributed by atoms with Gasteiger partial charge in [0.2, 0.25) is 0 Å². The SMILES string of the molecule is CCc1cc(C)nn1-c1ccc(Cl)cc1. The van der Waals surface area contributed by atoms with Gasteiger partial charge in [-0.2, -0.15) is 5.10 Å². The van der Waals surface area contributed by atoms with E-state index in [1.165, 1.54) is 5.69 Å². The van der Waals surface area contributed by atoms with Crippen LogP contribution in [0.4, 0.5) is 0 Å². The second-order valence-corrected chi connectivity index (χ2v) is 3.96. The normalized spacial score (nSPS) is 10.6. The minimum atomic E-state index is 0.751. The Kier molecular flexibility index (Phi) is 2.78. The summed E-state index contributed by atoms with van der Waals surface area (Å²) in [5, 5.41) is 5.21. The molecule has 1 aromatic carbocycles. The first-order chi connectivity index (χ1) is 7.20. The van der Waals surface area contributed by atoms with Crippen LogP contribution in [0.25, 0.3) is 5.69 Å². The van der Waals surface area contributed by atoms with Crippen LogP contribution in [0.15, 0.2) is 30.3 Å². The molecule has 2 rings (SSSR count). The van der Waals surface area contributed by atoms with E-state index in [1.807, 2.05) is 35.9 Å². The smallest absolute Gasteiger partial charge is 0.0649 e. The van der Waals surface area contributed by atoms with E-state index in [1.54, 1.807) is 0 Å². The highest BCUT2D eigenvalue weighted by atomic mass is 35.5. The van der Waals surface area contributed by atoms with Crippen molar-refractivity contribution in [3.05, 3.63) is 46.7 Å². The average molecular weight is 221 g/mol. The van der Waals surface area contributed by atoms with E-state index >= 15 is 0 Å². The molecule has 0 radical (unpaired) electrons. The molecule has 0 saturated carbocycles. The third-order valence-corrected chi connectivity index (χ3v) is 2.59. The fourth-order valence-corrected chi connectivity index (χ4v) is 1.74. The molecule has 0 N–H and O–H groups in total. The molecule has 0 aliphatic heterocycles. The van der Waals surface area contributed by atoms with E-state index in [2.05, 4.69) is 18.1 Å². The summed E-state index contributed by atoms with van der Waals surface area (Å²) in [6.45, 7) is 4.13. The quantitative estimate of drug-likeness (QED) is 0.759. The maximum absolute atomic E-state index is 5.85. The van der Waals surface area contributed by atoms with Crippen LogP contribution in [0, 0.1) is 6.92 Å². The highest BCUT2D eigenvalue weighted by Crippen LogP contribution is 2.16. The highest BCUT2D eigenvalue weighted by Gasteiger charge is 2.05. The van der Waals surface area contributed by atoms with Crippen LogP contribution in [-0.2, 0) is 6.42 Å². The van der Waals surface area contributed by atoms with E-state index in [0.717, 1.165) is 22.8 Å². The fourth-order valence-electron chi connectivity index (χ4n) is 1.61. The van der Waals surface area contributed by atoms with E-state index < -0.39 is 0 Å². The molecule has 0 unspecified atom stereocenters. The zero-order chi connectivity index (χ0) is 10.8. The Hall–Kier alpha value is -1.28. The van der Waals surface area contributed by atoms with Gasteiger partial charge in [-0.05, 0) is 43.7 Å². The average Bonchev–Trinajstić information content (AvgIpc) is 2.61. The van der Waals surface area contributed by atoms with Crippen LogP contribution in [0.5, 0.6) is 0 Å². The van der Waals surface area contributed by atoms with Crippen molar-refractivity contribution in [3.8, 4) is 5.69 Å². The number of hydrogen-bond acceptors (Lipinski definition) is 1. The Morgan fingerprint density at radius 1 is 1.27 bits per heavy atom. The summed E-state index contributed by atoms with van der Waals surface area (Å²) < 4.78 is 1.96. The number of aromatic nitrogens is 2. The van der Waals surface area contributed by atoms with Crippen molar-refractivity contribution in [2.45, 2.75) is 20.3 Å². The third kappa shape index (κ3) is 2.05. The van der Waals surface area contributed by atoms with Gasteiger partial charge >= 0.3 is 0 Å². The van der Waals surface area contributed by atoms with Crippen molar-refractivity contribution < 1.29 is 0 Å². The highest BCUT2D eigenvalue weighted by molar-refractivity contribution is 6.30. The minimum absolute atomic E-state index is 0.751. The number of rotatable bonds is 2. The summed E-state index contributed by atoms with van der Waals surface area (Å²) in [4.78, 5) is 0. The largest absolute Gasteiger partial charge is 0.238 e. The Morgan fingerprint density at radius 2 is 1.93 bits per heavy atom. The van der Waals surface area contributed by atoms with Gasteiger partial charge in [-0.25, -0.2) is 4.68 Å². The van der Waals surface area contributed by atoms with Gasteiger partial charge in [0.1, 0.15) is 0 Å². The van der Waals surface area contributed by atoms with Crippen molar-refractivity contribution in [1.82, 2.24) is 9.78 Å². The number of nitrogens with zero attached hydrogens (tertiary/aromatic N) is 2. The van der Waals surface area contributed by atoms with Gasteiger partial charge in [0, 0.05) is 10.7 Å². The maximum atomic E-state index is 5.85. The first-order valence-electron chi connectivity index (χ1n) is 5.02. The molecule has 0 amide bonds. The minimum Gasteiger partial charge on any atom is -0.238 e. The van der Waals surface area contributed by atoms with Crippen molar-refractivity contribution in [3.63, 3.8) is 0 Å².